The predicted molar refractivity (Wildman–Crippen MR) is 69.2 cm³/mol. The molecule has 5 heteroatoms. The van der Waals surface area contributed by atoms with Crippen LogP contribution in [0.1, 0.15) is 30.6 Å². The Bertz CT molecular complexity index is 425. The van der Waals surface area contributed by atoms with E-state index in [9.17, 15) is 14.3 Å². The van der Waals surface area contributed by atoms with Crippen LogP contribution in [0.25, 0.3) is 0 Å². The van der Waals surface area contributed by atoms with Crippen molar-refractivity contribution in [2.75, 3.05) is 6.54 Å². The lowest BCUT2D eigenvalue weighted by Gasteiger charge is -2.17. The lowest BCUT2D eigenvalue weighted by molar-refractivity contribution is 0.0850. The number of halogens is 2. The molecule has 2 unspecified atom stereocenters. The number of aliphatic hydroxyl groups excluding tert-OH is 1. The molecule has 1 rings (SSSR count). The van der Waals surface area contributed by atoms with E-state index >= 15 is 0 Å². The average molecular weight is 274 g/mol. The number of carbonyl (C=O) groups is 1. The Labute approximate surface area is 111 Å². The maximum Gasteiger partial charge on any atom is 0.251 e. The second-order valence-corrected chi connectivity index (χ2v) is 4.70. The minimum absolute atomic E-state index is 0.0220. The Kier molecular flexibility index (Phi) is 5.56. The van der Waals surface area contributed by atoms with Crippen molar-refractivity contribution < 1.29 is 14.3 Å². The van der Waals surface area contributed by atoms with Gasteiger partial charge in [-0.2, -0.15) is 0 Å². The molecule has 1 amide bonds. The number of rotatable bonds is 5. The number of nitrogens with one attached hydrogen (secondary N) is 1. The van der Waals surface area contributed by atoms with E-state index in [1.807, 2.05) is 13.8 Å². The van der Waals surface area contributed by atoms with Gasteiger partial charge in [-0.1, -0.05) is 31.9 Å². The Morgan fingerprint density at radius 3 is 2.78 bits per heavy atom. The predicted octanol–water partition coefficient (Wildman–Crippen LogP) is 2.62. The van der Waals surface area contributed by atoms with Crippen LogP contribution >= 0.6 is 11.6 Å². The molecule has 0 aliphatic rings. The minimum atomic E-state index is -0.633. The van der Waals surface area contributed by atoms with Gasteiger partial charge in [-0.05, 0) is 24.1 Å². The summed E-state index contributed by atoms with van der Waals surface area (Å²) in [5.41, 5.74) is 0.188. The Morgan fingerprint density at radius 2 is 2.22 bits per heavy atom. The summed E-state index contributed by atoms with van der Waals surface area (Å²) in [5.74, 6) is -0.952. The summed E-state index contributed by atoms with van der Waals surface area (Å²) in [5, 5.41) is 12.2. The smallest absolute Gasteiger partial charge is 0.251 e. The molecule has 0 bridgehead atoms. The van der Waals surface area contributed by atoms with Crippen LogP contribution in [0.3, 0.4) is 0 Å². The topological polar surface area (TPSA) is 49.3 Å². The number of aliphatic hydroxyl groups is 1. The van der Waals surface area contributed by atoms with Crippen molar-refractivity contribution >= 4 is 17.5 Å². The summed E-state index contributed by atoms with van der Waals surface area (Å²) in [6.45, 7) is 4.02. The molecule has 0 saturated carbocycles. The van der Waals surface area contributed by atoms with E-state index in [0.717, 1.165) is 12.5 Å². The molecule has 0 aliphatic carbocycles. The molecular formula is C13H17ClFNO2. The van der Waals surface area contributed by atoms with Gasteiger partial charge in [0.25, 0.3) is 5.91 Å². The molecule has 1 aromatic carbocycles. The molecule has 0 spiro atoms. The van der Waals surface area contributed by atoms with E-state index in [2.05, 4.69) is 5.32 Å². The van der Waals surface area contributed by atoms with Crippen LogP contribution in [0.5, 0.6) is 0 Å². The highest BCUT2D eigenvalue weighted by atomic mass is 35.5. The van der Waals surface area contributed by atoms with Crippen LogP contribution in [-0.2, 0) is 0 Å². The third-order valence-electron chi connectivity index (χ3n) is 2.95. The molecule has 3 nitrogen and oxygen atoms in total. The molecule has 18 heavy (non-hydrogen) atoms. The molecule has 0 saturated heterocycles. The molecule has 0 radical (unpaired) electrons. The molecule has 0 aliphatic heterocycles. The Balaban J connectivity index is 2.58. The van der Waals surface area contributed by atoms with E-state index in [0.29, 0.717) is 0 Å². The second-order valence-electron chi connectivity index (χ2n) is 4.29. The second kappa shape index (κ2) is 6.71. The van der Waals surface area contributed by atoms with Crippen molar-refractivity contribution in [1.29, 1.82) is 0 Å². The first-order valence-electron chi connectivity index (χ1n) is 5.87. The Hall–Kier alpha value is -1.13. The monoisotopic (exact) mass is 273 g/mol. The number of benzene rings is 1. The van der Waals surface area contributed by atoms with Crippen LogP contribution in [0.4, 0.5) is 4.39 Å². The number of hydrogen-bond donors (Lipinski definition) is 2. The van der Waals surface area contributed by atoms with Gasteiger partial charge in [-0.3, -0.25) is 4.79 Å². The molecule has 0 heterocycles. The molecule has 2 N–H and O–H groups in total. The van der Waals surface area contributed by atoms with Crippen LogP contribution in [0.2, 0.25) is 5.02 Å². The largest absolute Gasteiger partial charge is 0.391 e. The molecule has 0 aromatic heterocycles. The van der Waals surface area contributed by atoms with Crippen molar-refractivity contribution in [3.05, 3.63) is 34.6 Å². The summed E-state index contributed by atoms with van der Waals surface area (Å²) in [6, 6.07) is 3.85. The van der Waals surface area contributed by atoms with Crippen molar-refractivity contribution in [3.63, 3.8) is 0 Å². The van der Waals surface area contributed by atoms with Crippen LogP contribution < -0.4 is 5.32 Å². The van der Waals surface area contributed by atoms with Crippen molar-refractivity contribution in [2.24, 2.45) is 5.92 Å². The zero-order chi connectivity index (χ0) is 13.7. The SMILES string of the molecule is CCC(C)C(O)CNC(=O)c1ccc(Cl)c(F)c1. The molecule has 0 fully saturated rings. The summed E-state index contributed by atoms with van der Waals surface area (Å²) in [4.78, 5) is 11.7. The fraction of sp³-hybridized carbons (Fsp3) is 0.462. The first-order valence-corrected chi connectivity index (χ1v) is 6.24. The highest BCUT2D eigenvalue weighted by molar-refractivity contribution is 6.30. The standard InChI is InChI=1S/C13H17ClFNO2/c1-3-8(2)12(17)7-16-13(18)9-4-5-10(14)11(15)6-9/h4-6,8,12,17H,3,7H2,1-2H3,(H,16,18). The molecule has 1 aromatic rings. The van der Waals surface area contributed by atoms with Crippen molar-refractivity contribution in [2.45, 2.75) is 26.4 Å². The van der Waals surface area contributed by atoms with E-state index in [1.54, 1.807) is 0 Å². The minimum Gasteiger partial charge on any atom is -0.391 e. The van der Waals surface area contributed by atoms with Gasteiger partial charge in [-0.15, -0.1) is 0 Å². The van der Waals surface area contributed by atoms with Gasteiger partial charge in [0.15, 0.2) is 0 Å². The molecule has 100 valence electrons. The van der Waals surface area contributed by atoms with Crippen LogP contribution in [-0.4, -0.2) is 23.7 Å². The third kappa shape index (κ3) is 3.96. The molecule has 2 atom stereocenters. The first-order chi connectivity index (χ1) is 8.45. The summed E-state index contributed by atoms with van der Waals surface area (Å²) < 4.78 is 13.2. The highest BCUT2D eigenvalue weighted by Crippen LogP contribution is 2.15. The fourth-order valence-corrected chi connectivity index (χ4v) is 1.53. The van der Waals surface area contributed by atoms with E-state index in [1.165, 1.54) is 12.1 Å². The maximum atomic E-state index is 13.2. The summed E-state index contributed by atoms with van der Waals surface area (Å²) >= 11 is 5.53. The number of hydrogen-bond acceptors (Lipinski definition) is 2. The van der Waals surface area contributed by atoms with Gasteiger partial charge >= 0.3 is 0 Å². The van der Waals surface area contributed by atoms with Crippen molar-refractivity contribution in [1.82, 2.24) is 5.32 Å². The Morgan fingerprint density at radius 1 is 1.56 bits per heavy atom. The zero-order valence-corrected chi connectivity index (χ0v) is 11.2. The van der Waals surface area contributed by atoms with Crippen LogP contribution in [0.15, 0.2) is 18.2 Å². The lowest BCUT2D eigenvalue weighted by Crippen LogP contribution is -2.35. The summed E-state index contributed by atoms with van der Waals surface area (Å²) in [6.07, 6.45) is 0.225. The van der Waals surface area contributed by atoms with E-state index in [-0.39, 0.29) is 23.0 Å². The van der Waals surface area contributed by atoms with Gasteiger partial charge < -0.3 is 10.4 Å². The molecular weight excluding hydrogens is 257 g/mol. The van der Waals surface area contributed by atoms with Gasteiger partial charge in [0.05, 0.1) is 11.1 Å². The van der Waals surface area contributed by atoms with Gasteiger partial charge in [0.1, 0.15) is 5.82 Å². The first kappa shape index (κ1) is 14.9. The van der Waals surface area contributed by atoms with Gasteiger partial charge in [0.2, 0.25) is 0 Å². The highest BCUT2D eigenvalue weighted by Gasteiger charge is 2.14. The normalized spacial score (nSPS) is 14.1. The van der Waals surface area contributed by atoms with Crippen molar-refractivity contribution in [3.8, 4) is 0 Å². The third-order valence-corrected chi connectivity index (χ3v) is 3.26. The number of amides is 1. The van der Waals surface area contributed by atoms with E-state index in [4.69, 9.17) is 11.6 Å². The average Bonchev–Trinajstić information content (AvgIpc) is 2.37. The van der Waals surface area contributed by atoms with Crippen LogP contribution in [0, 0.1) is 11.7 Å². The lowest BCUT2D eigenvalue weighted by atomic mass is 10.0. The van der Waals surface area contributed by atoms with Gasteiger partial charge in [-0.25, -0.2) is 4.39 Å². The van der Waals surface area contributed by atoms with Gasteiger partial charge in [0, 0.05) is 12.1 Å². The fourth-order valence-electron chi connectivity index (χ4n) is 1.41. The quantitative estimate of drug-likeness (QED) is 0.866. The number of carbonyl (C=O) groups excluding carboxylic acids is 1. The zero-order valence-electron chi connectivity index (χ0n) is 10.4. The van der Waals surface area contributed by atoms with E-state index < -0.39 is 17.8 Å². The summed E-state index contributed by atoms with van der Waals surface area (Å²) in [7, 11) is 0. The maximum absolute atomic E-state index is 13.2.